The third-order valence-corrected chi connectivity index (χ3v) is 6.02. The van der Waals surface area contributed by atoms with Crippen molar-refractivity contribution in [1.82, 2.24) is 14.6 Å². The van der Waals surface area contributed by atoms with Crippen molar-refractivity contribution < 1.29 is 4.79 Å². The number of rotatable bonds is 3. The molecule has 5 nitrogen and oxygen atoms in total. The summed E-state index contributed by atoms with van der Waals surface area (Å²) in [6, 6.07) is 20.4. The van der Waals surface area contributed by atoms with Gasteiger partial charge in [-0.05, 0) is 35.4 Å². The van der Waals surface area contributed by atoms with Crippen LogP contribution in [0.15, 0.2) is 60.7 Å². The van der Waals surface area contributed by atoms with E-state index in [0.717, 1.165) is 28.9 Å². The summed E-state index contributed by atoms with van der Waals surface area (Å²) in [6.45, 7) is 4.37. The predicted molar refractivity (Wildman–Crippen MR) is 119 cm³/mol. The normalized spacial score (nSPS) is 16.2. The zero-order valence-electron chi connectivity index (χ0n) is 17.2. The number of carbonyl (C=O) groups excluding carboxylic acids is 1. The van der Waals surface area contributed by atoms with E-state index < -0.39 is 0 Å². The second kappa shape index (κ2) is 7.10. The zero-order chi connectivity index (χ0) is 20.8. The highest BCUT2D eigenvalue weighted by atomic mass is 16.1. The largest absolute Gasteiger partial charge is 0.368 e. The van der Waals surface area contributed by atoms with E-state index in [-0.39, 0.29) is 11.7 Å². The maximum atomic E-state index is 13.0. The molecule has 1 atom stereocenters. The van der Waals surface area contributed by atoms with Gasteiger partial charge in [-0.2, -0.15) is 9.61 Å². The van der Waals surface area contributed by atoms with Crippen molar-refractivity contribution in [3.05, 3.63) is 83.0 Å². The minimum atomic E-state index is 0.128. The van der Waals surface area contributed by atoms with Gasteiger partial charge < -0.3 is 5.73 Å². The van der Waals surface area contributed by atoms with E-state index in [4.69, 9.17) is 10.8 Å². The Labute approximate surface area is 175 Å². The van der Waals surface area contributed by atoms with Gasteiger partial charge in [-0.3, -0.25) is 4.79 Å². The van der Waals surface area contributed by atoms with Crippen LogP contribution in [-0.2, 0) is 6.42 Å². The van der Waals surface area contributed by atoms with Gasteiger partial charge in [-0.25, -0.2) is 4.98 Å². The van der Waals surface area contributed by atoms with E-state index in [1.54, 1.807) is 4.52 Å². The molecular weight excluding hydrogens is 372 g/mol. The maximum absolute atomic E-state index is 13.0. The Morgan fingerprint density at radius 3 is 2.47 bits per heavy atom. The summed E-state index contributed by atoms with van der Waals surface area (Å²) < 4.78 is 1.67. The molecule has 2 heterocycles. The molecule has 1 aliphatic carbocycles. The predicted octanol–water partition coefficient (Wildman–Crippen LogP) is 5.01. The Balaban J connectivity index is 1.55. The highest BCUT2D eigenvalue weighted by molar-refractivity contribution is 6.00. The van der Waals surface area contributed by atoms with Crippen LogP contribution in [0.3, 0.4) is 0 Å². The standard InChI is InChI=1S/C25H24N4O/c1-15(2)16-8-10-17(11-9-16)19-12-21-20(23(30)13-19)14-22-24(18-6-4-3-5-7-18)27-25(26)29(22)28-21/h3-11,14-15,19H,12-13H2,1-2H3,(H2,26,27). The van der Waals surface area contributed by atoms with Gasteiger partial charge in [0.1, 0.15) is 5.69 Å². The molecule has 4 aromatic rings. The number of hydrogen-bond acceptors (Lipinski definition) is 4. The fourth-order valence-electron chi connectivity index (χ4n) is 4.30. The molecule has 2 aromatic heterocycles. The molecule has 2 aromatic carbocycles. The minimum Gasteiger partial charge on any atom is -0.368 e. The van der Waals surface area contributed by atoms with Crippen molar-refractivity contribution in [2.24, 2.45) is 0 Å². The molecule has 0 fully saturated rings. The van der Waals surface area contributed by atoms with Gasteiger partial charge in [-0.1, -0.05) is 68.4 Å². The first-order valence-electron chi connectivity index (χ1n) is 10.4. The Hall–Kier alpha value is -3.47. The van der Waals surface area contributed by atoms with Crippen molar-refractivity contribution in [3.63, 3.8) is 0 Å². The molecule has 2 N–H and O–H groups in total. The van der Waals surface area contributed by atoms with Crippen LogP contribution in [0.4, 0.5) is 5.95 Å². The average molecular weight is 396 g/mol. The maximum Gasteiger partial charge on any atom is 0.222 e. The molecule has 0 bridgehead atoms. The van der Waals surface area contributed by atoms with Crippen LogP contribution >= 0.6 is 0 Å². The number of Topliss-reactive ketones (excluding diaryl/α,β-unsaturated/α-hetero) is 1. The van der Waals surface area contributed by atoms with Crippen LogP contribution in [0.1, 0.15) is 59.3 Å². The first kappa shape index (κ1) is 18.6. The summed E-state index contributed by atoms with van der Waals surface area (Å²) in [7, 11) is 0. The Kier molecular flexibility index (Phi) is 4.39. The van der Waals surface area contributed by atoms with Crippen molar-refractivity contribution in [1.29, 1.82) is 0 Å². The molecule has 0 saturated heterocycles. The number of fused-ring (bicyclic) bond motifs is 2. The highest BCUT2D eigenvalue weighted by Gasteiger charge is 2.29. The molecule has 0 aliphatic heterocycles. The summed E-state index contributed by atoms with van der Waals surface area (Å²) in [5, 5.41) is 4.74. The topological polar surface area (TPSA) is 73.3 Å². The number of nitrogens with two attached hydrogens (primary N) is 1. The van der Waals surface area contributed by atoms with E-state index in [2.05, 4.69) is 43.1 Å². The van der Waals surface area contributed by atoms with Crippen LogP contribution in [0.2, 0.25) is 0 Å². The van der Waals surface area contributed by atoms with Crippen molar-refractivity contribution >= 4 is 17.2 Å². The molecule has 1 unspecified atom stereocenters. The SMILES string of the molecule is CC(C)c1ccc(C2CC(=O)c3cc4c(-c5ccccc5)nc(N)n4nc3C2)cc1. The van der Waals surface area contributed by atoms with Crippen LogP contribution in [0.25, 0.3) is 16.8 Å². The summed E-state index contributed by atoms with van der Waals surface area (Å²) in [5.41, 5.74) is 12.6. The number of ketones is 1. The monoisotopic (exact) mass is 396 g/mol. The lowest BCUT2D eigenvalue weighted by atomic mass is 9.81. The first-order valence-corrected chi connectivity index (χ1v) is 10.4. The molecule has 5 heteroatoms. The molecule has 5 rings (SSSR count). The van der Waals surface area contributed by atoms with Crippen molar-refractivity contribution in [2.75, 3.05) is 5.73 Å². The van der Waals surface area contributed by atoms with Crippen LogP contribution in [-0.4, -0.2) is 20.4 Å². The number of carbonyl (C=O) groups is 1. The van der Waals surface area contributed by atoms with E-state index in [0.29, 0.717) is 23.9 Å². The Morgan fingerprint density at radius 2 is 1.77 bits per heavy atom. The van der Waals surface area contributed by atoms with Gasteiger partial charge in [-0.15, -0.1) is 0 Å². The third kappa shape index (κ3) is 3.07. The second-order valence-electron chi connectivity index (χ2n) is 8.34. The van der Waals surface area contributed by atoms with Crippen molar-refractivity contribution in [3.8, 4) is 11.3 Å². The van der Waals surface area contributed by atoms with E-state index in [1.807, 2.05) is 36.4 Å². The lowest BCUT2D eigenvalue weighted by molar-refractivity contribution is 0.0963. The molecule has 0 spiro atoms. The fraction of sp³-hybridized carbons (Fsp3) is 0.240. The minimum absolute atomic E-state index is 0.128. The molecule has 30 heavy (non-hydrogen) atoms. The fourth-order valence-corrected chi connectivity index (χ4v) is 4.30. The van der Waals surface area contributed by atoms with Crippen molar-refractivity contribution in [2.45, 2.75) is 38.5 Å². The first-order chi connectivity index (χ1) is 14.5. The zero-order valence-corrected chi connectivity index (χ0v) is 17.2. The van der Waals surface area contributed by atoms with Gasteiger partial charge >= 0.3 is 0 Å². The van der Waals surface area contributed by atoms with Gasteiger partial charge in [0, 0.05) is 17.5 Å². The number of aromatic nitrogens is 3. The second-order valence-corrected chi connectivity index (χ2v) is 8.34. The van der Waals surface area contributed by atoms with Crippen LogP contribution in [0.5, 0.6) is 0 Å². The molecule has 0 radical (unpaired) electrons. The lowest BCUT2D eigenvalue weighted by Crippen LogP contribution is -2.21. The van der Waals surface area contributed by atoms with Crippen LogP contribution < -0.4 is 5.73 Å². The summed E-state index contributed by atoms with van der Waals surface area (Å²) in [6.07, 6.45) is 1.21. The smallest absolute Gasteiger partial charge is 0.222 e. The molecule has 1 aliphatic rings. The van der Waals surface area contributed by atoms with Gasteiger partial charge in [0.25, 0.3) is 0 Å². The van der Waals surface area contributed by atoms with Gasteiger partial charge in [0.05, 0.1) is 11.2 Å². The molecule has 0 amide bonds. The summed E-state index contributed by atoms with van der Waals surface area (Å²) >= 11 is 0. The average Bonchev–Trinajstić information content (AvgIpc) is 3.09. The number of hydrogen-bond donors (Lipinski definition) is 1. The quantitative estimate of drug-likeness (QED) is 0.528. The number of nitrogen functional groups attached to an aromatic ring is 1. The number of imidazole rings is 1. The number of benzene rings is 2. The molecule has 0 saturated carbocycles. The number of nitrogens with zero attached hydrogens (tertiary/aromatic N) is 3. The number of anilines is 1. The van der Waals surface area contributed by atoms with Crippen LogP contribution in [0, 0.1) is 0 Å². The molecule has 150 valence electrons. The van der Waals surface area contributed by atoms with E-state index >= 15 is 0 Å². The van der Waals surface area contributed by atoms with E-state index in [1.165, 1.54) is 11.1 Å². The van der Waals surface area contributed by atoms with E-state index in [9.17, 15) is 4.79 Å². The Bertz CT molecular complexity index is 1240. The molecular formula is C25H24N4O. The summed E-state index contributed by atoms with van der Waals surface area (Å²) in [4.78, 5) is 17.6. The lowest BCUT2D eigenvalue weighted by Gasteiger charge is -2.23. The third-order valence-electron chi connectivity index (χ3n) is 6.02. The Morgan fingerprint density at radius 1 is 1.03 bits per heavy atom. The van der Waals surface area contributed by atoms with Gasteiger partial charge in [0.15, 0.2) is 5.78 Å². The summed E-state index contributed by atoms with van der Waals surface area (Å²) in [5.74, 6) is 1.09. The highest BCUT2D eigenvalue weighted by Crippen LogP contribution is 2.35. The van der Waals surface area contributed by atoms with Gasteiger partial charge in [0.2, 0.25) is 5.95 Å².